The maximum atomic E-state index is 4.83. The van der Waals surface area contributed by atoms with Crippen molar-refractivity contribution in [3.05, 3.63) is 108 Å². The number of rotatable bonds is 2. The number of benzene rings is 3. The van der Waals surface area contributed by atoms with Crippen molar-refractivity contribution >= 4 is 0 Å². The molecule has 3 aromatic rings. The first-order valence-electron chi connectivity index (χ1n) is 9.22. The van der Waals surface area contributed by atoms with Crippen LogP contribution in [0.3, 0.4) is 0 Å². The van der Waals surface area contributed by atoms with Crippen molar-refractivity contribution in [3.63, 3.8) is 0 Å². The van der Waals surface area contributed by atoms with E-state index in [0.717, 1.165) is 13.2 Å². The molecule has 3 rings (SSSR count). The van der Waals surface area contributed by atoms with Crippen LogP contribution in [-0.4, -0.2) is 13.2 Å². The van der Waals surface area contributed by atoms with Gasteiger partial charge in [0.2, 0.25) is 0 Å². The van der Waals surface area contributed by atoms with Crippen molar-refractivity contribution in [1.29, 1.82) is 0 Å². The van der Waals surface area contributed by atoms with Gasteiger partial charge in [0, 0.05) is 13.2 Å². The second-order valence-corrected chi connectivity index (χ2v) is 5.75. The van der Waals surface area contributed by atoms with Crippen LogP contribution in [0.4, 0.5) is 0 Å². The third kappa shape index (κ3) is 16.5. The van der Waals surface area contributed by atoms with Gasteiger partial charge in [0.15, 0.2) is 0 Å². The molecule has 0 heterocycles. The molecule has 0 bridgehead atoms. The van der Waals surface area contributed by atoms with E-state index in [1.54, 1.807) is 0 Å². The molecule has 0 atom stereocenters. The molecule has 0 saturated carbocycles. The van der Waals surface area contributed by atoms with E-state index >= 15 is 0 Å². The van der Waals surface area contributed by atoms with Crippen LogP contribution in [0.5, 0.6) is 0 Å². The Kier molecular flexibility index (Phi) is 15.8. The highest BCUT2D eigenvalue weighted by atomic mass is 16.5. The number of hydrogen-bond acceptors (Lipinski definition) is 1. The monoisotopic (exact) mass is 350 g/mol. The van der Waals surface area contributed by atoms with Crippen LogP contribution in [0.1, 0.15) is 30.5 Å². The molecule has 0 amide bonds. The van der Waals surface area contributed by atoms with Crippen molar-refractivity contribution in [2.45, 2.75) is 34.6 Å². The van der Waals surface area contributed by atoms with Crippen LogP contribution in [0.2, 0.25) is 0 Å². The Hall–Kier alpha value is -2.38. The summed E-state index contributed by atoms with van der Waals surface area (Å²) in [6, 6.07) is 30.8. The van der Waals surface area contributed by atoms with E-state index in [9.17, 15) is 0 Å². The molecule has 0 fully saturated rings. The maximum absolute atomic E-state index is 4.83. The van der Waals surface area contributed by atoms with Gasteiger partial charge in [-0.1, -0.05) is 108 Å². The van der Waals surface area contributed by atoms with Gasteiger partial charge in [-0.25, -0.2) is 0 Å². The second kappa shape index (κ2) is 17.4. The first-order valence-corrected chi connectivity index (χ1v) is 9.22. The van der Waals surface area contributed by atoms with Gasteiger partial charge >= 0.3 is 0 Å². The molecule has 0 spiro atoms. The molecule has 0 N–H and O–H groups in total. The third-order valence-corrected chi connectivity index (χ3v) is 3.23. The predicted octanol–water partition coefficient (Wildman–Crippen LogP) is 7.03. The van der Waals surface area contributed by atoms with E-state index in [4.69, 9.17) is 4.74 Å². The van der Waals surface area contributed by atoms with Crippen LogP contribution in [0.25, 0.3) is 0 Å². The minimum atomic E-state index is 0.844. The molecule has 140 valence electrons. The fraction of sp³-hybridized carbons (Fsp3) is 0.280. The first kappa shape index (κ1) is 23.6. The van der Waals surface area contributed by atoms with Crippen molar-refractivity contribution in [1.82, 2.24) is 0 Å². The molecule has 0 aromatic heterocycles. The normalized spacial score (nSPS) is 8.65. The highest BCUT2D eigenvalue weighted by molar-refractivity contribution is 5.12. The standard InChI is InChI=1S/3C7H8.C4H10O/c3*1-7-5-3-2-4-6-7;1-3-5-4-2/h3*2-6H,1H3;3-4H2,1-2H3. The molecule has 3 aromatic carbocycles. The van der Waals surface area contributed by atoms with Crippen molar-refractivity contribution in [2.75, 3.05) is 13.2 Å². The first-order chi connectivity index (χ1) is 12.6. The Morgan fingerprint density at radius 3 is 0.769 bits per heavy atom. The maximum Gasteiger partial charge on any atom is 0.0437 e. The molecule has 0 aliphatic rings. The Labute approximate surface area is 160 Å². The lowest BCUT2D eigenvalue weighted by Gasteiger charge is -1.86. The van der Waals surface area contributed by atoms with Gasteiger partial charge in [-0.3, -0.25) is 0 Å². The van der Waals surface area contributed by atoms with Gasteiger partial charge in [-0.05, 0) is 34.6 Å². The van der Waals surface area contributed by atoms with Crippen LogP contribution in [0, 0.1) is 20.8 Å². The van der Waals surface area contributed by atoms with E-state index < -0.39 is 0 Å². The summed E-state index contributed by atoms with van der Waals surface area (Å²) in [5.41, 5.74) is 3.97. The SMILES string of the molecule is CCOCC.Cc1ccccc1.Cc1ccccc1.Cc1ccccc1. The number of hydrogen-bond donors (Lipinski definition) is 0. The molecule has 0 unspecified atom stereocenters. The van der Waals surface area contributed by atoms with Crippen molar-refractivity contribution in [2.24, 2.45) is 0 Å². The van der Waals surface area contributed by atoms with Gasteiger partial charge < -0.3 is 4.74 Å². The lowest BCUT2D eigenvalue weighted by atomic mass is 10.2. The molecule has 1 heteroatoms. The van der Waals surface area contributed by atoms with Crippen LogP contribution >= 0.6 is 0 Å². The molecule has 0 saturated heterocycles. The summed E-state index contributed by atoms with van der Waals surface area (Å²) < 4.78 is 4.83. The fourth-order valence-electron chi connectivity index (χ4n) is 1.81. The van der Waals surface area contributed by atoms with Gasteiger partial charge in [0.1, 0.15) is 0 Å². The summed E-state index contributed by atoms with van der Waals surface area (Å²) in [6.45, 7) is 11.9. The Bertz CT molecular complexity index is 527. The fourth-order valence-corrected chi connectivity index (χ4v) is 1.81. The third-order valence-electron chi connectivity index (χ3n) is 3.23. The Balaban J connectivity index is 0.000000324. The average molecular weight is 351 g/mol. The number of aryl methyl sites for hydroxylation is 3. The summed E-state index contributed by atoms with van der Waals surface area (Å²) >= 11 is 0. The highest BCUT2D eigenvalue weighted by Crippen LogP contribution is 1.93. The minimum Gasteiger partial charge on any atom is -0.382 e. The van der Waals surface area contributed by atoms with Crippen molar-refractivity contribution in [3.8, 4) is 0 Å². The zero-order valence-corrected chi connectivity index (χ0v) is 17.0. The zero-order valence-electron chi connectivity index (χ0n) is 17.0. The summed E-state index contributed by atoms with van der Waals surface area (Å²) in [6.07, 6.45) is 0. The number of ether oxygens (including phenoxy) is 1. The summed E-state index contributed by atoms with van der Waals surface area (Å²) in [5, 5.41) is 0. The molecular weight excluding hydrogens is 316 g/mol. The van der Waals surface area contributed by atoms with E-state index in [1.165, 1.54) is 16.7 Å². The molecule has 0 radical (unpaired) electrons. The zero-order chi connectivity index (χ0) is 19.5. The summed E-state index contributed by atoms with van der Waals surface area (Å²) in [7, 11) is 0. The largest absolute Gasteiger partial charge is 0.382 e. The van der Waals surface area contributed by atoms with Gasteiger partial charge in [-0.2, -0.15) is 0 Å². The second-order valence-electron chi connectivity index (χ2n) is 5.75. The van der Waals surface area contributed by atoms with E-state index in [1.807, 2.05) is 68.4 Å². The molecule has 1 nitrogen and oxygen atoms in total. The molecular formula is C25H34O. The molecule has 0 aliphatic carbocycles. The van der Waals surface area contributed by atoms with Crippen LogP contribution in [-0.2, 0) is 4.74 Å². The average Bonchev–Trinajstić information content (AvgIpc) is 2.66. The molecule has 26 heavy (non-hydrogen) atoms. The Morgan fingerprint density at radius 2 is 0.692 bits per heavy atom. The van der Waals surface area contributed by atoms with E-state index in [0.29, 0.717) is 0 Å². The lowest BCUT2D eigenvalue weighted by molar-refractivity contribution is 0.162. The molecule has 0 aliphatic heterocycles. The quantitative estimate of drug-likeness (QED) is 0.482. The van der Waals surface area contributed by atoms with Gasteiger partial charge in [0.25, 0.3) is 0 Å². The lowest BCUT2D eigenvalue weighted by Crippen LogP contribution is -1.84. The minimum absolute atomic E-state index is 0.844. The van der Waals surface area contributed by atoms with E-state index in [-0.39, 0.29) is 0 Å². The van der Waals surface area contributed by atoms with Gasteiger partial charge in [-0.15, -0.1) is 0 Å². The topological polar surface area (TPSA) is 9.23 Å². The highest BCUT2D eigenvalue weighted by Gasteiger charge is 1.73. The van der Waals surface area contributed by atoms with Crippen molar-refractivity contribution < 1.29 is 4.74 Å². The summed E-state index contributed by atoms with van der Waals surface area (Å²) in [5.74, 6) is 0. The van der Waals surface area contributed by atoms with E-state index in [2.05, 4.69) is 57.2 Å². The van der Waals surface area contributed by atoms with Crippen LogP contribution < -0.4 is 0 Å². The predicted molar refractivity (Wildman–Crippen MR) is 116 cm³/mol. The summed E-state index contributed by atoms with van der Waals surface area (Å²) in [4.78, 5) is 0. The van der Waals surface area contributed by atoms with Gasteiger partial charge in [0.05, 0.1) is 0 Å². The Morgan fingerprint density at radius 1 is 0.462 bits per heavy atom. The smallest absolute Gasteiger partial charge is 0.0437 e. The van der Waals surface area contributed by atoms with Crippen LogP contribution in [0.15, 0.2) is 91.0 Å².